The molecule has 1 saturated heterocycles. The van der Waals surface area contributed by atoms with Crippen LogP contribution in [-0.2, 0) is 0 Å². The number of hydrogen-bond acceptors (Lipinski definition) is 6. The van der Waals surface area contributed by atoms with E-state index in [1.54, 1.807) is 0 Å². The van der Waals surface area contributed by atoms with Crippen LogP contribution in [0.15, 0.2) is 12.1 Å². The van der Waals surface area contributed by atoms with E-state index in [0.717, 1.165) is 0 Å². The number of nitrogens with zero attached hydrogens (tertiary/aromatic N) is 2. The average Bonchev–Trinajstić information content (AvgIpc) is 3.00. The van der Waals surface area contributed by atoms with Gasteiger partial charge in [0.15, 0.2) is 5.69 Å². The van der Waals surface area contributed by atoms with E-state index in [9.17, 15) is 19.7 Å². The van der Waals surface area contributed by atoms with Gasteiger partial charge in [-0.05, 0) is 12.5 Å². The lowest BCUT2D eigenvalue weighted by Gasteiger charge is -2.18. The van der Waals surface area contributed by atoms with Crippen molar-refractivity contribution in [1.82, 2.24) is 10.2 Å². The Hall–Kier alpha value is -3.04. The van der Waals surface area contributed by atoms with Crippen LogP contribution in [0, 0.1) is 10.1 Å². The molecule has 0 bridgehead atoms. The smallest absolute Gasteiger partial charge is 0.404 e. The molecule has 1 atom stereocenters. The number of carbonyl (C=O) groups excluding carboxylic acids is 1. The molecule has 24 heavy (non-hydrogen) atoms. The molecule has 1 aliphatic heterocycles. The molecular formula is C14H18N4O6. The summed E-state index contributed by atoms with van der Waals surface area (Å²) in [5, 5.41) is 25.0. The van der Waals surface area contributed by atoms with Crippen LogP contribution < -0.4 is 15.4 Å². The first kappa shape index (κ1) is 17.3. The van der Waals surface area contributed by atoms with Gasteiger partial charge in [0.25, 0.3) is 11.6 Å². The lowest BCUT2D eigenvalue weighted by atomic mass is 10.1. The lowest BCUT2D eigenvalue weighted by Crippen LogP contribution is -2.37. The van der Waals surface area contributed by atoms with Crippen molar-refractivity contribution in [3.05, 3.63) is 27.8 Å². The number of benzene rings is 1. The molecule has 0 aromatic heterocycles. The Labute approximate surface area is 137 Å². The van der Waals surface area contributed by atoms with Crippen LogP contribution in [0.5, 0.6) is 5.75 Å². The largest absolute Gasteiger partial charge is 0.494 e. The number of likely N-dealkylation sites (tertiary alicyclic amines) is 1. The number of methoxy groups -OCH3 is 1. The minimum atomic E-state index is -1.15. The van der Waals surface area contributed by atoms with Crippen LogP contribution in [0.1, 0.15) is 16.8 Å². The molecule has 10 nitrogen and oxygen atoms in total. The fraction of sp³-hybridized carbons (Fsp3) is 0.429. The third-order valence-corrected chi connectivity index (χ3v) is 3.80. The highest BCUT2D eigenvalue weighted by molar-refractivity contribution is 5.97. The second-order valence-electron chi connectivity index (χ2n) is 5.27. The van der Waals surface area contributed by atoms with Crippen molar-refractivity contribution in [1.29, 1.82) is 0 Å². The number of carbonyl (C=O) groups is 2. The second kappa shape index (κ2) is 7.02. The number of nitro benzene ring substituents is 1. The van der Waals surface area contributed by atoms with E-state index in [4.69, 9.17) is 9.84 Å². The summed E-state index contributed by atoms with van der Waals surface area (Å²) in [7, 11) is 2.88. The maximum Gasteiger partial charge on any atom is 0.404 e. The first-order valence-electron chi connectivity index (χ1n) is 7.20. The highest BCUT2D eigenvalue weighted by Crippen LogP contribution is 2.36. The molecule has 1 aromatic carbocycles. The summed E-state index contributed by atoms with van der Waals surface area (Å²) < 4.78 is 5.13. The van der Waals surface area contributed by atoms with Crippen molar-refractivity contribution >= 4 is 23.4 Å². The van der Waals surface area contributed by atoms with Gasteiger partial charge in [-0.3, -0.25) is 14.9 Å². The van der Waals surface area contributed by atoms with Crippen molar-refractivity contribution < 1.29 is 24.4 Å². The maximum absolute atomic E-state index is 12.6. The Kier molecular flexibility index (Phi) is 5.07. The number of hydrogen-bond donors (Lipinski definition) is 3. The van der Waals surface area contributed by atoms with Crippen LogP contribution in [0.3, 0.4) is 0 Å². The van der Waals surface area contributed by atoms with E-state index in [2.05, 4.69) is 10.6 Å². The molecule has 0 spiro atoms. The first-order valence-corrected chi connectivity index (χ1v) is 7.20. The fourth-order valence-electron chi connectivity index (χ4n) is 2.70. The summed E-state index contributed by atoms with van der Waals surface area (Å²) in [5.41, 5.74) is 0.0408. The third kappa shape index (κ3) is 3.47. The molecular weight excluding hydrogens is 320 g/mol. The number of nitrogens with one attached hydrogen (secondary N) is 2. The summed E-state index contributed by atoms with van der Waals surface area (Å²) in [5.74, 6) is -0.219. The zero-order valence-corrected chi connectivity index (χ0v) is 13.2. The molecule has 1 heterocycles. The van der Waals surface area contributed by atoms with Crippen molar-refractivity contribution in [2.45, 2.75) is 12.5 Å². The highest BCUT2D eigenvalue weighted by Gasteiger charge is 2.30. The Morgan fingerprint density at radius 2 is 2.17 bits per heavy atom. The van der Waals surface area contributed by atoms with Gasteiger partial charge in [-0.25, -0.2) is 4.79 Å². The Balaban J connectivity index is 2.28. The molecule has 1 aliphatic rings. The number of nitro groups is 1. The SMILES string of the molecule is CNc1c(OC)cc(C(=O)N2CC[C@@H](NC(=O)O)C2)cc1[N+](=O)[O-]. The van der Waals surface area contributed by atoms with Gasteiger partial charge in [-0.2, -0.15) is 0 Å². The normalized spacial score (nSPS) is 16.6. The van der Waals surface area contributed by atoms with Gasteiger partial charge in [-0.15, -0.1) is 0 Å². The maximum atomic E-state index is 12.6. The first-order chi connectivity index (χ1) is 11.4. The van der Waals surface area contributed by atoms with E-state index >= 15 is 0 Å². The van der Waals surface area contributed by atoms with Crippen molar-refractivity contribution in [3.8, 4) is 5.75 Å². The van der Waals surface area contributed by atoms with Gasteiger partial charge < -0.3 is 25.4 Å². The zero-order valence-electron chi connectivity index (χ0n) is 13.2. The molecule has 3 N–H and O–H groups in total. The molecule has 1 aromatic rings. The Morgan fingerprint density at radius 1 is 1.46 bits per heavy atom. The second-order valence-corrected chi connectivity index (χ2v) is 5.27. The number of rotatable bonds is 5. The third-order valence-electron chi connectivity index (χ3n) is 3.80. The lowest BCUT2D eigenvalue weighted by molar-refractivity contribution is -0.384. The van der Waals surface area contributed by atoms with Gasteiger partial charge in [0.2, 0.25) is 0 Å². The topological polar surface area (TPSA) is 134 Å². The predicted molar refractivity (Wildman–Crippen MR) is 84.7 cm³/mol. The molecule has 0 aliphatic carbocycles. The Morgan fingerprint density at radius 3 is 2.71 bits per heavy atom. The molecule has 0 radical (unpaired) electrons. The van der Waals surface area contributed by atoms with Crippen LogP contribution in [-0.4, -0.2) is 60.2 Å². The fourth-order valence-corrected chi connectivity index (χ4v) is 2.70. The van der Waals surface area contributed by atoms with Gasteiger partial charge in [0.1, 0.15) is 5.75 Å². The van der Waals surface area contributed by atoms with E-state index < -0.39 is 16.9 Å². The number of anilines is 1. The number of ether oxygens (including phenoxy) is 1. The number of carboxylic acid groups (broad SMARTS) is 1. The summed E-state index contributed by atoms with van der Waals surface area (Å²) >= 11 is 0. The average molecular weight is 338 g/mol. The molecule has 2 amide bonds. The van der Waals surface area contributed by atoms with Gasteiger partial charge >= 0.3 is 6.09 Å². The minimum absolute atomic E-state index is 0.119. The van der Waals surface area contributed by atoms with E-state index in [-0.39, 0.29) is 35.3 Å². The van der Waals surface area contributed by atoms with Crippen LogP contribution in [0.4, 0.5) is 16.2 Å². The highest BCUT2D eigenvalue weighted by atomic mass is 16.6. The standard InChI is InChI=1S/C14H18N4O6/c1-15-12-10(18(22)23)5-8(6-11(12)24-2)13(19)17-4-3-9(7-17)16-14(20)21/h5-6,9,15-16H,3-4,7H2,1-2H3,(H,20,21)/t9-/m1/s1. The molecule has 0 saturated carbocycles. The minimum Gasteiger partial charge on any atom is -0.494 e. The van der Waals surface area contributed by atoms with Crippen molar-refractivity contribution in [2.75, 3.05) is 32.6 Å². The molecule has 0 unspecified atom stereocenters. The van der Waals surface area contributed by atoms with Crippen molar-refractivity contribution in [2.24, 2.45) is 0 Å². The van der Waals surface area contributed by atoms with E-state index in [1.807, 2.05) is 0 Å². The summed E-state index contributed by atoms with van der Waals surface area (Å²) in [6.07, 6.45) is -0.656. The van der Waals surface area contributed by atoms with E-state index in [1.165, 1.54) is 31.2 Å². The zero-order chi connectivity index (χ0) is 17.9. The quantitative estimate of drug-likeness (QED) is 0.541. The van der Waals surface area contributed by atoms with Crippen LogP contribution >= 0.6 is 0 Å². The summed E-state index contributed by atoms with van der Waals surface area (Å²) in [6, 6.07) is 2.27. The van der Waals surface area contributed by atoms with Gasteiger partial charge in [0.05, 0.1) is 23.6 Å². The van der Waals surface area contributed by atoms with Crippen LogP contribution in [0.25, 0.3) is 0 Å². The van der Waals surface area contributed by atoms with Crippen molar-refractivity contribution in [3.63, 3.8) is 0 Å². The Bertz CT molecular complexity index is 677. The molecule has 10 heteroatoms. The van der Waals surface area contributed by atoms with Crippen LogP contribution in [0.2, 0.25) is 0 Å². The summed E-state index contributed by atoms with van der Waals surface area (Å²) in [4.78, 5) is 35.3. The molecule has 130 valence electrons. The summed E-state index contributed by atoms with van der Waals surface area (Å²) in [6.45, 7) is 0.586. The van der Waals surface area contributed by atoms with Gasteiger partial charge in [0, 0.05) is 26.2 Å². The van der Waals surface area contributed by atoms with E-state index in [0.29, 0.717) is 13.0 Å². The monoisotopic (exact) mass is 338 g/mol. The molecule has 2 rings (SSSR count). The molecule has 1 fully saturated rings. The van der Waals surface area contributed by atoms with Gasteiger partial charge in [-0.1, -0.05) is 0 Å². The number of amides is 2. The predicted octanol–water partition coefficient (Wildman–Crippen LogP) is 1.13.